The first-order valence-electron chi connectivity index (χ1n) is 3.86. The molecule has 10 heavy (non-hydrogen) atoms. The first-order valence-corrected chi connectivity index (χ1v) is 3.86. The van der Waals surface area contributed by atoms with Gasteiger partial charge in [0.25, 0.3) is 0 Å². The average Bonchev–Trinajstić information content (AvgIpc) is 2.38. The Labute approximate surface area is 62.1 Å². The molecule has 0 radical (unpaired) electrons. The van der Waals surface area contributed by atoms with Crippen LogP contribution in [0.3, 0.4) is 0 Å². The molecule has 0 bridgehead atoms. The molecule has 0 spiro atoms. The highest BCUT2D eigenvalue weighted by atomic mass is 16.5. The van der Waals surface area contributed by atoms with Gasteiger partial charge in [-0.05, 0) is 19.9 Å². The van der Waals surface area contributed by atoms with Gasteiger partial charge in [-0.15, -0.1) is 0 Å². The van der Waals surface area contributed by atoms with E-state index in [-0.39, 0.29) is 0 Å². The minimum atomic E-state index is 0.337. The Morgan fingerprint density at radius 1 is 1.70 bits per heavy atom. The van der Waals surface area contributed by atoms with E-state index in [0.29, 0.717) is 6.23 Å². The molecule has 0 amide bonds. The second kappa shape index (κ2) is 3.91. The van der Waals surface area contributed by atoms with Crippen molar-refractivity contribution in [3.8, 4) is 0 Å². The van der Waals surface area contributed by atoms with Gasteiger partial charge in [-0.2, -0.15) is 0 Å². The maximum atomic E-state index is 5.44. The molecule has 0 aliphatic carbocycles. The summed E-state index contributed by atoms with van der Waals surface area (Å²) in [7, 11) is 2.06. The monoisotopic (exact) mass is 144 g/mol. The van der Waals surface area contributed by atoms with Crippen LogP contribution in [0.25, 0.3) is 0 Å². The van der Waals surface area contributed by atoms with Crippen molar-refractivity contribution < 1.29 is 4.74 Å². The maximum absolute atomic E-state index is 5.44. The highest BCUT2D eigenvalue weighted by molar-refractivity contribution is 4.64. The van der Waals surface area contributed by atoms with Gasteiger partial charge in [-0.3, -0.25) is 4.90 Å². The van der Waals surface area contributed by atoms with Gasteiger partial charge in [-0.1, -0.05) is 0 Å². The summed E-state index contributed by atoms with van der Waals surface area (Å²) in [6, 6.07) is 0. The topological polar surface area (TPSA) is 38.5 Å². The summed E-state index contributed by atoms with van der Waals surface area (Å²) in [5.41, 5.74) is 5.40. The van der Waals surface area contributed by atoms with Gasteiger partial charge >= 0.3 is 0 Å². The highest BCUT2D eigenvalue weighted by Gasteiger charge is 2.18. The van der Waals surface area contributed by atoms with Gasteiger partial charge in [0.2, 0.25) is 0 Å². The lowest BCUT2D eigenvalue weighted by molar-refractivity contribution is -0.00294. The van der Waals surface area contributed by atoms with Crippen LogP contribution in [-0.4, -0.2) is 37.9 Å². The van der Waals surface area contributed by atoms with Gasteiger partial charge in [-0.25, -0.2) is 0 Å². The van der Waals surface area contributed by atoms with Crippen LogP contribution in [0.2, 0.25) is 0 Å². The number of rotatable bonds is 3. The largest absolute Gasteiger partial charge is 0.363 e. The van der Waals surface area contributed by atoms with Gasteiger partial charge in [0, 0.05) is 19.7 Å². The number of nitrogens with zero attached hydrogens (tertiary/aromatic N) is 1. The van der Waals surface area contributed by atoms with Gasteiger partial charge in [0.15, 0.2) is 0 Å². The summed E-state index contributed by atoms with van der Waals surface area (Å²) in [5.74, 6) is 0. The summed E-state index contributed by atoms with van der Waals surface area (Å²) in [5, 5.41) is 0. The molecule has 60 valence electrons. The van der Waals surface area contributed by atoms with Crippen molar-refractivity contribution >= 4 is 0 Å². The fraction of sp³-hybridized carbons (Fsp3) is 1.00. The molecule has 1 heterocycles. The Morgan fingerprint density at radius 3 is 3.00 bits per heavy atom. The van der Waals surface area contributed by atoms with Gasteiger partial charge < -0.3 is 10.5 Å². The molecule has 1 saturated heterocycles. The first-order chi connectivity index (χ1) is 4.84. The van der Waals surface area contributed by atoms with Crippen LogP contribution in [0.1, 0.15) is 12.8 Å². The predicted octanol–water partition coefficient (Wildman–Crippen LogP) is 0.0134. The molecule has 0 aromatic rings. The molecule has 1 rings (SSSR count). The van der Waals surface area contributed by atoms with Crippen LogP contribution in [0.15, 0.2) is 0 Å². The van der Waals surface area contributed by atoms with Gasteiger partial charge in [0.05, 0.1) is 0 Å². The van der Waals surface area contributed by atoms with E-state index < -0.39 is 0 Å². The molecular weight excluding hydrogens is 128 g/mol. The van der Waals surface area contributed by atoms with E-state index in [1.165, 1.54) is 6.42 Å². The van der Waals surface area contributed by atoms with E-state index in [4.69, 9.17) is 10.5 Å². The third kappa shape index (κ3) is 1.94. The summed E-state index contributed by atoms with van der Waals surface area (Å²) >= 11 is 0. The molecule has 1 aliphatic heterocycles. The van der Waals surface area contributed by atoms with E-state index >= 15 is 0 Å². The van der Waals surface area contributed by atoms with E-state index in [9.17, 15) is 0 Å². The first kappa shape index (κ1) is 7.98. The SMILES string of the molecule is CN(CCN)C1CCCO1. The fourth-order valence-corrected chi connectivity index (χ4v) is 1.26. The predicted molar refractivity (Wildman–Crippen MR) is 40.7 cm³/mol. The van der Waals surface area contributed by atoms with Crippen LogP contribution in [0, 0.1) is 0 Å². The molecular formula is C7H16N2O. The molecule has 1 unspecified atom stereocenters. The Hall–Kier alpha value is -0.120. The van der Waals surface area contributed by atoms with Crippen LogP contribution in [-0.2, 0) is 4.74 Å². The van der Waals surface area contributed by atoms with Crippen molar-refractivity contribution in [3.05, 3.63) is 0 Å². The Bertz CT molecular complexity index is 91.6. The zero-order valence-electron chi connectivity index (χ0n) is 6.55. The molecule has 0 aromatic carbocycles. The van der Waals surface area contributed by atoms with Crippen molar-refractivity contribution in [3.63, 3.8) is 0 Å². The number of likely N-dealkylation sites (N-methyl/N-ethyl adjacent to an activating group) is 1. The third-order valence-electron chi connectivity index (χ3n) is 1.88. The Morgan fingerprint density at radius 2 is 2.50 bits per heavy atom. The standard InChI is InChI=1S/C7H16N2O/c1-9(5-4-8)7-3-2-6-10-7/h7H,2-6,8H2,1H3. The molecule has 3 nitrogen and oxygen atoms in total. The van der Waals surface area contributed by atoms with Crippen molar-refractivity contribution in [1.29, 1.82) is 0 Å². The molecule has 0 saturated carbocycles. The van der Waals surface area contributed by atoms with E-state index in [1.54, 1.807) is 0 Å². The smallest absolute Gasteiger partial charge is 0.110 e. The minimum absolute atomic E-state index is 0.337. The van der Waals surface area contributed by atoms with Crippen molar-refractivity contribution in [2.45, 2.75) is 19.1 Å². The molecule has 2 N–H and O–H groups in total. The van der Waals surface area contributed by atoms with E-state index in [0.717, 1.165) is 26.1 Å². The highest BCUT2D eigenvalue weighted by Crippen LogP contribution is 2.13. The minimum Gasteiger partial charge on any atom is -0.363 e. The molecule has 1 atom stereocenters. The van der Waals surface area contributed by atoms with Crippen LogP contribution in [0.5, 0.6) is 0 Å². The molecule has 1 aliphatic rings. The third-order valence-corrected chi connectivity index (χ3v) is 1.88. The van der Waals surface area contributed by atoms with E-state index in [2.05, 4.69) is 11.9 Å². The summed E-state index contributed by atoms with van der Waals surface area (Å²) in [4.78, 5) is 2.17. The lowest BCUT2D eigenvalue weighted by Gasteiger charge is -2.22. The lowest BCUT2D eigenvalue weighted by Crippen LogP contribution is -2.34. The molecule has 3 heteroatoms. The van der Waals surface area contributed by atoms with Gasteiger partial charge in [0.1, 0.15) is 6.23 Å². The molecule has 1 fully saturated rings. The van der Waals surface area contributed by atoms with Crippen molar-refractivity contribution in [2.24, 2.45) is 5.73 Å². The maximum Gasteiger partial charge on any atom is 0.110 e. The lowest BCUT2D eigenvalue weighted by atomic mass is 10.3. The summed E-state index contributed by atoms with van der Waals surface area (Å²) in [6.45, 7) is 2.57. The van der Waals surface area contributed by atoms with Crippen LogP contribution in [0.4, 0.5) is 0 Å². The zero-order valence-corrected chi connectivity index (χ0v) is 6.55. The number of nitrogens with two attached hydrogens (primary N) is 1. The number of hydrogen-bond donors (Lipinski definition) is 1. The Balaban J connectivity index is 2.18. The van der Waals surface area contributed by atoms with Crippen molar-refractivity contribution in [1.82, 2.24) is 4.90 Å². The zero-order chi connectivity index (χ0) is 7.40. The second-order valence-corrected chi connectivity index (χ2v) is 2.74. The fourth-order valence-electron chi connectivity index (χ4n) is 1.26. The van der Waals surface area contributed by atoms with E-state index in [1.807, 2.05) is 0 Å². The second-order valence-electron chi connectivity index (χ2n) is 2.74. The summed E-state index contributed by atoms with van der Waals surface area (Å²) in [6.07, 6.45) is 2.69. The normalized spacial score (nSPS) is 26.1. The number of ether oxygens (including phenoxy) is 1. The van der Waals surface area contributed by atoms with Crippen LogP contribution < -0.4 is 5.73 Å². The average molecular weight is 144 g/mol. The quantitative estimate of drug-likeness (QED) is 0.606. The molecule has 0 aromatic heterocycles. The summed E-state index contributed by atoms with van der Waals surface area (Å²) < 4.78 is 5.44. The Kier molecular flexibility index (Phi) is 3.12. The van der Waals surface area contributed by atoms with Crippen molar-refractivity contribution in [2.75, 3.05) is 26.7 Å². The number of hydrogen-bond acceptors (Lipinski definition) is 3. The van der Waals surface area contributed by atoms with Crippen LogP contribution >= 0.6 is 0 Å².